The van der Waals surface area contributed by atoms with E-state index >= 15 is 0 Å². The number of carboxylic acid groups (broad SMARTS) is 1. The number of ether oxygens (including phenoxy) is 4. The molecule has 0 aromatic heterocycles. The number of hydrogen-bond acceptors (Lipinski definition) is 8. The molecular weight excluding hydrogens is 426 g/mol. The Hall–Kier alpha value is -3.40. The Kier molecular flexibility index (Phi) is 5.26. The van der Waals surface area contributed by atoms with Gasteiger partial charge in [0.15, 0.2) is 9.84 Å². The van der Waals surface area contributed by atoms with E-state index in [0.717, 1.165) is 24.3 Å². The Morgan fingerprint density at radius 1 is 1.10 bits per heavy atom. The third-order valence-corrected chi connectivity index (χ3v) is 4.84. The molecule has 0 heterocycles. The summed E-state index contributed by atoms with van der Waals surface area (Å²) in [4.78, 5) is 11.2. The van der Waals surface area contributed by atoms with Crippen molar-refractivity contribution in [2.45, 2.75) is 5.70 Å². The van der Waals surface area contributed by atoms with E-state index in [9.17, 15) is 13.2 Å². The quantitative estimate of drug-likeness (QED) is 0.523. The van der Waals surface area contributed by atoms with Crippen LogP contribution in [0.2, 0.25) is 0 Å². The number of anilines is 1. The van der Waals surface area contributed by atoms with Gasteiger partial charge in [-0.25, -0.2) is 8.42 Å². The first-order valence-electron chi connectivity index (χ1n) is 12.0. The molecule has 0 aliphatic carbocycles. The standard InChI is InChI=1S/C21H25NO8S/c1-27-15-10-19(29-3)16(20(11-15)30-4)7-8-31(25,26)13-14-5-6-18(28-2)17(9-14)22-12-21(23)24/h5-11,22H,12-13H2,1-4H3,(H,23,24)/b8-7+/i3D3,12D2,13D2. The number of carbonyl (C=O) groups is 1. The molecule has 10 heteroatoms. The molecule has 0 aliphatic rings. The SMILES string of the molecule is [2H]C([2H])([2H])Oc1cc(OC)cc(OC)c1/C=C/S(=O)(=O)C([2H])([2H])c1ccc(OC)c(NC([2H])([2H])C(=O)O)c1. The molecular formula is C21H25NO8S. The summed E-state index contributed by atoms with van der Waals surface area (Å²) in [5.74, 6) is -2.14. The van der Waals surface area contributed by atoms with Crippen LogP contribution in [0, 0.1) is 0 Å². The molecule has 0 radical (unpaired) electrons. The fraction of sp³-hybridized carbons (Fsp3) is 0.286. The van der Waals surface area contributed by atoms with Crippen LogP contribution < -0.4 is 24.3 Å². The minimum absolute atomic E-state index is 0.0255. The van der Waals surface area contributed by atoms with Crippen molar-refractivity contribution in [2.75, 3.05) is 40.2 Å². The predicted octanol–water partition coefficient (Wildman–Crippen LogP) is 2.80. The molecule has 0 spiro atoms. The van der Waals surface area contributed by atoms with Crippen molar-refractivity contribution in [3.63, 3.8) is 0 Å². The maximum Gasteiger partial charge on any atom is 0.322 e. The third-order valence-electron chi connectivity index (χ3n) is 3.82. The summed E-state index contributed by atoms with van der Waals surface area (Å²) in [5.41, 5.74) is -4.04. The summed E-state index contributed by atoms with van der Waals surface area (Å²) >= 11 is 0. The molecule has 2 aromatic rings. The normalized spacial score (nSPS) is 15.9. The number of hydrogen-bond donors (Lipinski definition) is 2. The lowest BCUT2D eigenvalue weighted by Gasteiger charge is -2.13. The zero-order valence-corrected chi connectivity index (χ0v) is 17.6. The molecule has 0 saturated heterocycles. The van der Waals surface area contributed by atoms with Crippen molar-refractivity contribution in [1.29, 1.82) is 0 Å². The maximum absolute atomic E-state index is 13.1. The van der Waals surface area contributed by atoms with Gasteiger partial charge in [0, 0.05) is 20.3 Å². The molecule has 2 N–H and O–H groups in total. The van der Waals surface area contributed by atoms with Crippen molar-refractivity contribution in [2.24, 2.45) is 0 Å². The van der Waals surface area contributed by atoms with E-state index in [1.54, 1.807) is 0 Å². The van der Waals surface area contributed by atoms with Crippen LogP contribution in [0.1, 0.15) is 20.7 Å². The second kappa shape index (κ2) is 10.6. The Morgan fingerprint density at radius 2 is 1.77 bits per heavy atom. The summed E-state index contributed by atoms with van der Waals surface area (Å²) in [5, 5.41) is 11.6. The molecule has 0 aliphatic heterocycles. The van der Waals surface area contributed by atoms with Crippen molar-refractivity contribution in [3.05, 3.63) is 46.9 Å². The van der Waals surface area contributed by atoms with Gasteiger partial charge in [0.25, 0.3) is 0 Å². The number of aliphatic carboxylic acids is 1. The molecule has 0 amide bonds. The minimum atomic E-state index is -4.82. The summed E-state index contributed by atoms with van der Waals surface area (Å²) in [7, 11) is -3.99. The Labute approximate surface area is 191 Å². The van der Waals surface area contributed by atoms with E-state index in [2.05, 4.69) is 0 Å². The van der Waals surface area contributed by atoms with Crippen LogP contribution in [0.5, 0.6) is 23.0 Å². The second-order valence-corrected chi connectivity index (χ2v) is 7.33. The molecule has 0 fully saturated rings. The van der Waals surface area contributed by atoms with Gasteiger partial charge in [-0.1, -0.05) is 6.07 Å². The van der Waals surface area contributed by atoms with Crippen molar-refractivity contribution in [3.8, 4) is 23.0 Å². The second-order valence-electron chi connectivity index (χ2n) is 5.76. The van der Waals surface area contributed by atoms with Crippen molar-refractivity contribution < 1.29 is 46.9 Å². The molecule has 2 rings (SSSR count). The fourth-order valence-electron chi connectivity index (χ4n) is 2.46. The topological polar surface area (TPSA) is 120 Å². The van der Waals surface area contributed by atoms with Crippen LogP contribution in [0.15, 0.2) is 35.7 Å². The molecule has 168 valence electrons. The van der Waals surface area contributed by atoms with Gasteiger partial charge in [0.2, 0.25) is 0 Å². The monoisotopic (exact) mass is 458 g/mol. The number of methoxy groups -OCH3 is 4. The Bertz CT molecular complexity index is 1330. The van der Waals surface area contributed by atoms with Crippen LogP contribution in [0.25, 0.3) is 6.08 Å². The van der Waals surface area contributed by atoms with Gasteiger partial charge in [0.05, 0.1) is 52.2 Å². The van der Waals surface area contributed by atoms with Gasteiger partial charge in [0.1, 0.15) is 29.5 Å². The maximum atomic E-state index is 13.1. The van der Waals surface area contributed by atoms with Crippen LogP contribution in [-0.4, -0.2) is 54.4 Å². The van der Waals surface area contributed by atoms with E-state index < -0.39 is 40.6 Å². The lowest BCUT2D eigenvalue weighted by atomic mass is 10.1. The van der Waals surface area contributed by atoms with Gasteiger partial charge in [-0.2, -0.15) is 0 Å². The lowest BCUT2D eigenvalue weighted by molar-refractivity contribution is -0.134. The van der Waals surface area contributed by atoms with Crippen molar-refractivity contribution >= 4 is 27.6 Å². The molecule has 0 bridgehead atoms. The van der Waals surface area contributed by atoms with Crippen LogP contribution in [0.4, 0.5) is 5.69 Å². The van der Waals surface area contributed by atoms with Gasteiger partial charge in [-0.3, -0.25) is 4.79 Å². The number of carboxylic acids is 1. The predicted molar refractivity (Wildman–Crippen MR) is 117 cm³/mol. The highest BCUT2D eigenvalue weighted by atomic mass is 32.2. The third kappa shape index (κ3) is 6.54. The molecule has 0 atom stereocenters. The molecule has 0 unspecified atom stereocenters. The number of benzene rings is 2. The number of sulfone groups is 1. The van der Waals surface area contributed by atoms with Crippen LogP contribution in [-0.2, 0) is 20.3 Å². The largest absolute Gasteiger partial charge is 0.496 e. The van der Waals surface area contributed by atoms with Gasteiger partial charge in [-0.05, 0) is 23.8 Å². The molecule has 31 heavy (non-hydrogen) atoms. The first kappa shape index (κ1) is 15.4. The molecule has 2 aromatic carbocycles. The number of nitrogens with one attached hydrogen (secondary N) is 1. The zero-order valence-electron chi connectivity index (χ0n) is 23.8. The fourth-order valence-corrected chi connectivity index (χ4v) is 3.30. The Balaban J connectivity index is 2.59. The zero-order chi connectivity index (χ0) is 29.1. The van der Waals surface area contributed by atoms with Crippen LogP contribution in [0.3, 0.4) is 0 Å². The van der Waals surface area contributed by atoms with E-state index in [1.165, 1.54) is 33.5 Å². The average molecular weight is 459 g/mol. The first-order valence-corrected chi connectivity index (χ1v) is 10.0. The first-order chi connectivity index (χ1) is 17.4. The average Bonchev–Trinajstić information content (AvgIpc) is 2.81. The summed E-state index contributed by atoms with van der Waals surface area (Å²) in [6.45, 7) is -2.98. The smallest absolute Gasteiger partial charge is 0.322 e. The van der Waals surface area contributed by atoms with E-state index in [-0.39, 0.29) is 34.2 Å². The van der Waals surface area contributed by atoms with Gasteiger partial charge >= 0.3 is 5.97 Å². The highest BCUT2D eigenvalue weighted by Crippen LogP contribution is 2.35. The summed E-state index contributed by atoms with van der Waals surface area (Å²) in [6, 6.07) is 5.64. The van der Waals surface area contributed by atoms with Gasteiger partial charge < -0.3 is 29.4 Å². The highest BCUT2D eigenvalue weighted by molar-refractivity contribution is 7.93. The van der Waals surface area contributed by atoms with Crippen molar-refractivity contribution in [1.82, 2.24) is 0 Å². The van der Waals surface area contributed by atoms with Gasteiger partial charge in [-0.15, -0.1) is 0 Å². The number of rotatable bonds is 11. The minimum Gasteiger partial charge on any atom is -0.496 e. The van der Waals surface area contributed by atoms with E-state index in [0.29, 0.717) is 5.41 Å². The van der Waals surface area contributed by atoms with Crippen LogP contribution >= 0.6 is 0 Å². The summed E-state index contributed by atoms with van der Waals surface area (Å²) < 4.78 is 100. The van der Waals surface area contributed by atoms with E-state index in [4.69, 9.17) is 33.6 Å². The van der Waals surface area contributed by atoms with E-state index in [1.807, 2.05) is 5.32 Å². The Morgan fingerprint density at radius 3 is 2.35 bits per heavy atom. The lowest BCUT2D eigenvalue weighted by Crippen LogP contribution is -2.13. The molecule has 0 saturated carbocycles. The molecule has 9 nitrogen and oxygen atoms in total. The highest BCUT2D eigenvalue weighted by Gasteiger charge is 2.15. The summed E-state index contributed by atoms with van der Waals surface area (Å²) in [6.07, 6.45) is 0.901.